The lowest BCUT2D eigenvalue weighted by molar-refractivity contribution is 0.0824. The lowest BCUT2D eigenvalue weighted by atomic mass is 10.0. The number of amides is 1. The highest BCUT2D eigenvalue weighted by molar-refractivity contribution is 5.99. The number of nitrogens with zero attached hydrogens (tertiary/aromatic N) is 2. The fourth-order valence-corrected chi connectivity index (χ4v) is 3.03. The Bertz CT molecular complexity index is 1100. The maximum absolute atomic E-state index is 12.2. The summed E-state index contributed by atoms with van der Waals surface area (Å²) in [5, 5.41) is 16.4. The van der Waals surface area contributed by atoms with Crippen molar-refractivity contribution >= 4 is 23.0 Å². The van der Waals surface area contributed by atoms with Gasteiger partial charge in [0.25, 0.3) is 16.8 Å². The number of aromatic nitrogens is 1. The van der Waals surface area contributed by atoms with Gasteiger partial charge in [-0.25, -0.2) is 0 Å². The van der Waals surface area contributed by atoms with Gasteiger partial charge in [-0.05, 0) is 36.2 Å². The van der Waals surface area contributed by atoms with Crippen molar-refractivity contribution < 1.29 is 9.90 Å². The Labute approximate surface area is 167 Å². The van der Waals surface area contributed by atoms with E-state index in [9.17, 15) is 19.5 Å². The number of phenolic OH excluding ortho intramolecular Hbond substituents is 1. The van der Waals surface area contributed by atoms with Crippen LogP contribution in [0.3, 0.4) is 0 Å². The molecule has 2 aromatic carbocycles. The molecule has 3 rings (SSSR count). The zero-order valence-electron chi connectivity index (χ0n) is 16.4. The Kier molecular flexibility index (Phi) is 5.63. The molecule has 1 heterocycles. The molecule has 150 valence electrons. The molecule has 0 aliphatic carbocycles. The van der Waals surface area contributed by atoms with Gasteiger partial charge in [0.2, 0.25) is 0 Å². The van der Waals surface area contributed by atoms with Gasteiger partial charge in [0.1, 0.15) is 11.4 Å². The summed E-state index contributed by atoms with van der Waals surface area (Å²) in [4.78, 5) is 41.8. The summed E-state index contributed by atoms with van der Waals surface area (Å²) in [6.07, 6.45) is 4.00. The molecule has 1 amide bonds. The van der Waals surface area contributed by atoms with Gasteiger partial charge in [0, 0.05) is 26.5 Å². The summed E-state index contributed by atoms with van der Waals surface area (Å²) in [5.74, 6) is -0.662. The second-order valence-corrected chi connectivity index (χ2v) is 6.82. The molecule has 0 fully saturated rings. The van der Waals surface area contributed by atoms with Crippen molar-refractivity contribution in [1.29, 1.82) is 0 Å². The Morgan fingerprint density at radius 2 is 1.76 bits per heavy atom. The van der Waals surface area contributed by atoms with E-state index in [1.807, 2.05) is 19.1 Å². The van der Waals surface area contributed by atoms with E-state index in [4.69, 9.17) is 0 Å². The molecule has 1 aromatic heterocycles. The van der Waals surface area contributed by atoms with E-state index in [0.717, 1.165) is 5.56 Å². The highest BCUT2D eigenvalue weighted by Gasteiger charge is 2.25. The molecule has 0 spiro atoms. The van der Waals surface area contributed by atoms with Crippen LogP contribution < -0.4 is 21.5 Å². The van der Waals surface area contributed by atoms with Gasteiger partial charge in [-0.15, -0.1) is 0 Å². The number of anilines is 3. The van der Waals surface area contributed by atoms with Gasteiger partial charge >= 0.3 is 0 Å². The van der Waals surface area contributed by atoms with Crippen LogP contribution in [-0.2, 0) is 0 Å². The first-order valence-corrected chi connectivity index (χ1v) is 9.15. The van der Waals surface area contributed by atoms with Gasteiger partial charge in [-0.3, -0.25) is 19.4 Å². The molecule has 29 heavy (non-hydrogen) atoms. The Balaban J connectivity index is 1.90. The molecular weight excluding hydrogens is 372 g/mol. The van der Waals surface area contributed by atoms with Crippen molar-refractivity contribution in [3.63, 3.8) is 0 Å². The van der Waals surface area contributed by atoms with Crippen LogP contribution in [0.25, 0.3) is 0 Å². The van der Waals surface area contributed by atoms with Gasteiger partial charge in [0.15, 0.2) is 5.75 Å². The second kappa shape index (κ2) is 8.14. The van der Waals surface area contributed by atoms with Gasteiger partial charge < -0.3 is 20.6 Å². The summed E-state index contributed by atoms with van der Waals surface area (Å²) in [6, 6.07) is 8.09. The number of carbonyl (C=O) groups is 1. The van der Waals surface area contributed by atoms with Crippen molar-refractivity contribution in [1.82, 2.24) is 9.88 Å². The van der Waals surface area contributed by atoms with Crippen LogP contribution in [0.15, 0.2) is 52.3 Å². The third-order valence-corrected chi connectivity index (χ3v) is 4.68. The second-order valence-electron chi connectivity index (χ2n) is 6.82. The standard InChI is InChI=1S/C21H22N4O4/c1-4-14(12-8-10-22-11-9-12)23-16-17(20(28)19(16)27)24-15-7-5-6-13(18(15)26)21(29)25(2)3/h5-11,14,23-24,26H,4H2,1-3H3/t14-/m1/s1. The number of nitrogens with one attached hydrogen (secondary N) is 2. The predicted molar refractivity (Wildman–Crippen MR) is 112 cm³/mol. The highest BCUT2D eigenvalue weighted by Crippen LogP contribution is 2.33. The Hall–Kier alpha value is -3.68. The molecule has 0 aliphatic heterocycles. The third-order valence-electron chi connectivity index (χ3n) is 4.68. The highest BCUT2D eigenvalue weighted by atomic mass is 16.3. The fourth-order valence-electron chi connectivity index (χ4n) is 3.03. The van der Waals surface area contributed by atoms with E-state index in [0.29, 0.717) is 6.42 Å². The minimum Gasteiger partial charge on any atom is -0.505 e. The Morgan fingerprint density at radius 1 is 1.10 bits per heavy atom. The quantitative estimate of drug-likeness (QED) is 0.417. The van der Waals surface area contributed by atoms with E-state index in [1.54, 1.807) is 32.6 Å². The molecule has 3 aromatic rings. The summed E-state index contributed by atoms with van der Waals surface area (Å²) in [7, 11) is 3.15. The molecule has 0 unspecified atom stereocenters. The van der Waals surface area contributed by atoms with Crippen LogP contribution in [-0.4, -0.2) is 35.0 Å². The zero-order chi connectivity index (χ0) is 21.1. The number of hydrogen-bond donors (Lipinski definition) is 3. The van der Waals surface area contributed by atoms with Crippen molar-refractivity contribution in [3.8, 4) is 5.75 Å². The largest absolute Gasteiger partial charge is 0.505 e. The van der Waals surface area contributed by atoms with E-state index in [-0.39, 0.29) is 40.3 Å². The summed E-state index contributed by atoms with van der Waals surface area (Å²) in [6.45, 7) is 1.96. The summed E-state index contributed by atoms with van der Waals surface area (Å²) < 4.78 is 0. The maximum Gasteiger partial charge on any atom is 0.257 e. The van der Waals surface area contributed by atoms with Crippen LogP contribution in [0.2, 0.25) is 0 Å². The Morgan fingerprint density at radius 3 is 2.38 bits per heavy atom. The number of aromatic hydroxyl groups is 1. The molecule has 0 aliphatic rings. The maximum atomic E-state index is 12.2. The topological polar surface area (TPSA) is 112 Å². The van der Waals surface area contributed by atoms with Crippen LogP contribution in [0, 0.1) is 0 Å². The first-order valence-electron chi connectivity index (χ1n) is 9.15. The lowest BCUT2D eigenvalue weighted by Crippen LogP contribution is -2.37. The molecule has 0 saturated heterocycles. The van der Waals surface area contributed by atoms with Crippen LogP contribution >= 0.6 is 0 Å². The average molecular weight is 394 g/mol. The number of rotatable bonds is 7. The van der Waals surface area contributed by atoms with Gasteiger partial charge in [-0.2, -0.15) is 0 Å². The number of pyridine rings is 1. The van der Waals surface area contributed by atoms with Crippen molar-refractivity contribution in [2.45, 2.75) is 19.4 Å². The van der Waals surface area contributed by atoms with Gasteiger partial charge in [0.05, 0.1) is 17.3 Å². The number of para-hydroxylation sites is 1. The normalized spacial score (nSPS) is 11.8. The first-order chi connectivity index (χ1) is 13.8. The third kappa shape index (κ3) is 3.82. The zero-order valence-corrected chi connectivity index (χ0v) is 16.4. The van der Waals surface area contributed by atoms with Crippen molar-refractivity contribution in [2.75, 3.05) is 24.7 Å². The van der Waals surface area contributed by atoms with Crippen LogP contribution in [0.5, 0.6) is 5.75 Å². The molecule has 1 atom stereocenters. The van der Waals surface area contributed by atoms with Crippen LogP contribution in [0.4, 0.5) is 17.1 Å². The average Bonchev–Trinajstić information content (AvgIpc) is 2.74. The number of carbonyl (C=O) groups excluding carboxylic acids is 1. The fraction of sp³-hybridized carbons (Fsp3) is 0.238. The lowest BCUT2D eigenvalue weighted by Gasteiger charge is -2.22. The summed E-state index contributed by atoms with van der Waals surface area (Å²) >= 11 is 0. The van der Waals surface area contributed by atoms with E-state index < -0.39 is 10.9 Å². The molecular formula is C21H22N4O4. The number of phenols is 1. The number of benzene rings is 1. The molecule has 0 radical (unpaired) electrons. The molecule has 0 saturated carbocycles. The van der Waals surface area contributed by atoms with Crippen LogP contribution in [0.1, 0.15) is 35.3 Å². The van der Waals surface area contributed by atoms with E-state index >= 15 is 0 Å². The molecule has 0 bridgehead atoms. The molecule has 8 nitrogen and oxygen atoms in total. The van der Waals surface area contributed by atoms with E-state index in [1.165, 1.54) is 17.0 Å². The first kappa shape index (κ1) is 20.1. The van der Waals surface area contributed by atoms with Crippen molar-refractivity contribution in [2.24, 2.45) is 0 Å². The summed E-state index contributed by atoms with van der Waals surface area (Å²) in [5.41, 5.74) is 0.111. The SMILES string of the molecule is CC[C@@H](Nc1c(Nc2cccc(C(=O)N(C)C)c2O)c(=O)c1=O)c1ccncc1. The van der Waals surface area contributed by atoms with E-state index in [2.05, 4.69) is 15.6 Å². The van der Waals surface area contributed by atoms with Gasteiger partial charge in [-0.1, -0.05) is 13.0 Å². The minimum absolute atomic E-state index is 0.0623. The predicted octanol–water partition coefficient (Wildman–Crippen LogP) is 2.39. The molecule has 8 heteroatoms. The smallest absolute Gasteiger partial charge is 0.257 e. The number of hydrogen-bond acceptors (Lipinski definition) is 7. The molecule has 3 N–H and O–H groups in total. The minimum atomic E-state index is -0.680. The monoisotopic (exact) mass is 394 g/mol. The van der Waals surface area contributed by atoms with Crippen molar-refractivity contribution in [3.05, 3.63) is 74.3 Å².